The number of likely N-dealkylation sites (tertiary alicyclic amines) is 3. The van der Waals surface area contributed by atoms with Gasteiger partial charge in [-0.25, -0.2) is 4.39 Å². The van der Waals surface area contributed by atoms with E-state index in [-0.39, 0.29) is 75.4 Å². The number of alkyl halides is 7. The number of fused-ring (bicyclic) bond motifs is 6. The van der Waals surface area contributed by atoms with Crippen molar-refractivity contribution in [1.82, 2.24) is 43.5 Å². The monoisotopic (exact) mass is 1390 g/mol. The summed E-state index contributed by atoms with van der Waals surface area (Å²) < 4.78 is 123. The van der Waals surface area contributed by atoms with Crippen molar-refractivity contribution in [3.05, 3.63) is 152 Å². The highest BCUT2D eigenvalue weighted by atomic mass is 35.5. The van der Waals surface area contributed by atoms with Gasteiger partial charge in [0.2, 0.25) is 0 Å². The lowest BCUT2D eigenvalue weighted by molar-refractivity contribution is -0.146. The van der Waals surface area contributed by atoms with Crippen LogP contribution in [0, 0.1) is 0 Å². The van der Waals surface area contributed by atoms with Gasteiger partial charge >= 0.3 is 12.4 Å². The number of aliphatic hydroxyl groups excluding tert-OH is 1. The molecule has 3 aromatic carbocycles. The zero-order valence-corrected chi connectivity index (χ0v) is 58.0. The van der Waals surface area contributed by atoms with Crippen molar-refractivity contribution in [3.8, 4) is 23.0 Å². The van der Waals surface area contributed by atoms with Crippen molar-refractivity contribution < 1.29 is 75.4 Å². The van der Waals surface area contributed by atoms with E-state index < -0.39 is 46.9 Å². The largest absolute Gasteiger partial charge is 0.495 e. The number of rotatable bonds is 13. The van der Waals surface area contributed by atoms with Crippen LogP contribution in [0.25, 0.3) is 0 Å². The van der Waals surface area contributed by atoms with Crippen molar-refractivity contribution in [2.45, 2.75) is 160 Å². The minimum atomic E-state index is -4.52. The topological polar surface area (TPSA) is 168 Å². The highest BCUT2D eigenvalue weighted by Crippen LogP contribution is 2.48. The molecule has 98 heavy (non-hydrogen) atoms. The number of unbranched alkanes of at least 4 members (excludes halogenated alkanes) is 1. The number of nitrogens with zero attached hydrogens (tertiary/aromatic N) is 8. The van der Waals surface area contributed by atoms with E-state index in [1.165, 1.54) is 32.2 Å². The van der Waals surface area contributed by atoms with Crippen LogP contribution in [0.5, 0.6) is 23.0 Å². The van der Waals surface area contributed by atoms with Crippen molar-refractivity contribution in [2.24, 2.45) is 0 Å². The number of carbonyl (C=O) groups is 4. The number of halogens is 8. The molecule has 12 rings (SSSR count). The molecule has 2 atom stereocenters. The number of likely N-dealkylation sites (N-methyl/N-ethyl adjacent to an activating group) is 2. The Balaban J connectivity index is 0.000000173. The van der Waals surface area contributed by atoms with E-state index >= 15 is 4.39 Å². The molecule has 0 unspecified atom stereocenters. The molecule has 6 aromatic rings. The van der Waals surface area contributed by atoms with Crippen LogP contribution in [-0.4, -0.2) is 172 Å². The molecule has 3 fully saturated rings. The maximum atomic E-state index is 15.8. The SMILES string of the molecule is CC(C)Oc1ccc(C(=O)N2CC[C@]3(c4ccc(C(F)(F)F)n4CCN3C)[C@H](F)C2)cc1CO.CCCCOc1ccc(C(=O)N2CCC3(CC2)c2ccc(C(F)(F)F)n2CCN3C)cc1OC.COc1ccc(C(=O)N2CCC3(CC2)NC(C)(C)Cn2c(C(C)=O)ccc23)cc1Cl.[HH]. The molecule has 0 aliphatic carbocycles. The van der Waals surface area contributed by atoms with E-state index in [9.17, 15) is 50.6 Å². The van der Waals surface area contributed by atoms with Gasteiger partial charge in [0.25, 0.3) is 17.7 Å². The van der Waals surface area contributed by atoms with E-state index in [2.05, 4.69) is 41.6 Å². The molecule has 0 bridgehead atoms. The second-order valence-corrected chi connectivity index (χ2v) is 27.7. The number of hydrogen-bond donors (Lipinski definition) is 2. The van der Waals surface area contributed by atoms with Crippen LogP contribution in [-0.2, 0) is 55.2 Å². The maximum Gasteiger partial charge on any atom is 0.431 e. The Morgan fingerprint density at radius 1 is 0.633 bits per heavy atom. The van der Waals surface area contributed by atoms with Crippen LogP contribution in [0.15, 0.2) is 91.0 Å². The number of hydrogen-bond acceptors (Lipinski definition) is 12. The fourth-order valence-corrected chi connectivity index (χ4v) is 15.6. The summed E-state index contributed by atoms with van der Waals surface area (Å²) in [6.45, 7) is 16.1. The Bertz CT molecular complexity index is 3890. The Kier molecular flexibility index (Phi) is 21.6. The molecule has 26 heteroatoms. The average molecular weight is 1400 g/mol. The molecule has 3 spiro atoms. The number of piperidine rings is 3. The van der Waals surface area contributed by atoms with E-state index in [0.29, 0.717) is 120 Å². The smallest absolute Gasteiger partial charge is 0.431 e. The van der Waals surface area contributed by atoms with Gasteiger partial charge in [0.05, 0.1) is 67.4 Å². The Morgan fingerprint density at radius 2 is 1.15 bits per heavy atom. The maximum absolute atomic E-state index is 15.8. The summed E-state index contributed by atoms with van der Waals surface area (Å²) in [7, 11) is 6.78. The summed E-state index contributed by atoms with van der Waals surface area (Å²) in [5.41, 5.74) is 1.21. The van der Waals surface area contributed by atoms with Crippen LogP contribution in [0.1, 0.15) is 164 Å². The fourth-order valence-electron chi connectivity index (χ4n) is 15.3. The number of amides is 3. The van der Waals surface area contributed by atoms with Crippen molar-refractivity contribution in [2.75, 3.05) is 87.3 Å². The fraction of sp³-hybridized carbons (Fsp3) is 0.528. The normalized spacial score (nSPS) is 20.4. The van der Waals surface area contributed by atoms with Crippen molar-refractivity contribution >= 4 is 35.1 Å². The lowest BCUT2D eigenvalue weighted by Gasteiger charge is -2.52. The zero-order chi connectivity index (χ0) is 71.0. The van der Waals surface area contributed by atoms with Crippen LogP contribution < -0.4 is 24.3 Å². The first-order valence-electron chi connectivity index (χ1n) is 33.4. The van der Waals surface area contributed by atoms with E-state index in [1.807, 2.05) is 31.9 Å². The number of methoxy groups -OCH3 is 2. The Hall–Kier alpha value is -7.58. The van der Waals surface area contributed by atoms with Gasteiger partial charge in [-0.15, -0.1) is 0 Å². The molecular weight excluding hydrogens is 1300 g/mol. The van der Waals surface area contributed by atoms with E-state index in [0.717, 1.165) is 49.7 Å². The second-order valence-electron chi connectivity index (χ2n) is 27.3. The van der Waals surface area contributed by atoms with Crippen molar-refractivity contribution in [1.29, 1.82) is 0 Å². The number of nitrogens with one attached hydrogen (secondary N) is 1. The van der Waals surface area contributed by atoms with Crippen LogP contribution in [0.3, 0.4) is 0 Å². The summed E-state index contributed by atoms with van der Waals surface area (Å²) in [5.74, 6) is 1.70. The number of aromatic nitrogens is 3. The van der Waals surface area contributed by atoms with Gasteiger partial charge in [-0.05, 0) is 171 Å². The third kappa shape index (κ3) is 14.4. The summed E-state index contributed by atoms with van der Waals surface area (Å²) >= 11 is 6.21. The third-order valence-corrected chi connectivity index (χ3v) is 20.6. The lowest BCUT2D eigenvalue weighted by Crippen LogP contribution is -2.63. The van der Waals surface area contributed by atoms with Crippen LogP contribution >= 0.6 is 11.6 Å². The first-order chi connectivity index (χ1) is 46.3. The molecule has 0 saturated carbocycles. The quantitative estimate of drug-likeness (QED) is 0.0639. The molecule has 0 radical (unpaired) electrons. The number of ketones is 1. The highest BCUT2D eigenvalue weighted by Gasteiger charge is 2.54. The molecule has 18 nitrogen and oxygen atoms in total. The number of benzene rings is 3. The van der Waals surface area contributed by atoms with Gasteiger partial charge in [-0.1, -0.05) is 24.9 Å². The summed E-state index contributed by atoms with van der Waals surface area (Å²) in [6, 6.07) is 24.2. The second kappa shape index (κ2) is 28.9. The average Bonchev–Trinajstić information content (AvgIpc) is 1.68. The molecule has 3 aromatic heterocycles. The Morgan fingerprint density at radius 3 is 1.70 bits per heavy atom. The molecule has 2 N–H and O–H groups in total. The predicted molar refractivity (Wildman–Crippen MR) is 358 cm³/mol. The molecule has 6 aliphatic rings. The minimum absolute atomic E-state index is 0. The van der Waals surface area contributed by atoms with E-state index in [1.54, 1.807) is 92.6 Å². The van der Waals surface area contributed by atoms with Crippen LogP contribution in [0.4, 0.5) is 30.7 Å². The Labute approximate surface area is 573 Å². The first-order valence-corrected chi connectivity index (χ1v) is 33.8. The summed E-state index contributed by atoms with van der Waals surface area (Å²) in [6.07, 6.45) is -5.75. The standard InChI is InChI=1S/C25H32F3N3O3.C24H29F4N3O3.C23H28ClN3O3.H2/c1-4-5-16-34-19-7-6-18(17-20(19)33-3)23(32)30-12-10-24(11-13-30)21-8-9-22(25(26,27)28)31(21)15-14-29(24)2;1-15(2)34-18-5-4-16(12-17(18)14-32)22(33)30-9-8-23(19(25)13-30)20-6-7-21(24(26,27)28)31(20)11-10-29(23)3;1-15(28)18-6-8-20-23(25-22(2,3)14-27(18)20)9-11-26(12-10-23)21(29)16-5-7-19(30-4)17(24)13-16;/h6-9,17H,4-5,10-16H2,1-3H3;4-7,12,15,19,32H,8-11,13-14H2,1-3H3;5-8,13,25H,9-12,14H2,1-4H3;1H/t;19-,23-;;/m.1../s1. The lowest BCUT2D eigenvalue weighted by atomic mass is 9.79. The summed E-state index contributed by atoms with van der Waals surface area (Å²) in [4.78, 5) is 60.5. The van der Waals surface area contributed by atoms with Crippen LogP contribution in [0.2, 0.25) is 5.02 Å². The molecule has 534 valence electrons. The van der Waals surface area contributed by atoms with Gasteiger partial charge in [-0.2, -0.15) is 26.3 Å². The number of Topliss-reactive ketones (excluding diaryl/α,β-unsaturated/α-hetero) is 1. The van der Waals surface area contributed by atoms with Gasteiger partial charge in [0, 0.05) is 119 Å². The molecule has 3 saturated heterocycles. The molecular formula is C72H91ClF7N9O9. The molecule has 6 aliphatic heterocycles. The minimum Gasteiger partial charge on any atom is -0.495 e. The first kappa shape index (κ1) is 73.1. The number of carbonyl (C=O) groups excluding carboxylic acids is 4. The van der Waals surface area contributed by atoms with Crippen molar-refractivity contribution in [3.63, 3.8) is 0 Å². The van der Waals surface area contributed by atoms with Gasteiger partial charge in [0.1, 0.15) is 29.1 Å². The number of ether oxygens (including phenoxy) is 4. The summed E-state index contributed by atoms with van der Waals surface area (Å²) in [5, 5.41) is 13.9. The molecule has 9 heterocycles. The predicted octanol–water partition coefficient (Wildman–Crippen LogP) is 12.7. The van der Waals surface area contributed by atoms with Gasteiger partial charge in [-0.3, -0.25) is 34.3 Å². The van der Waals surface area contributed by atoms with Gasteiger partial charge < -0.3 is 52.5 Å². The molecule has 3 amide bonds. The van der Waals surface area contributed by atoms with Gasteiger partial charge in [0.15, 0.2) is 17.3 Å². The van der Waals surface area contributed by atoms with E-state index in [4.69, 9.17) is 30.5 Å². The third-order valence-electron chi connectivity index (χ3n) is 20.3. The zero-order valence-electron chi connectivity index (χ0n) is 57.3. The highest BCUT2D eigenvalue weighted by molar-refractivity contribution is 6.32. The number of aliphatic hydroxyl groups is 1.